The molecule has 0 bridgehead atoms. The Morgan fingerprint density at radius 1 is 1.33 bits per heavy atom. The van der Waals surface area contributed by atoms with Gasteiger partial charge in [-0.15, -0.1) is 5.10 Å². The van der Waals surface area contributed by atoms with Gasteiger partial charge >= 0.3 is 0 Å². The maximum absolute atomic E-state index is 6.23. The first kappa shape index (κ1) is 12.2. The van der Waals surface area contributed by atoms with Gasteiger partial charge in [-0.2, -0.15) is 0 Å². The lowest BCUT2D eigenvalue weighted by molar-refractivity contribution is 0.380. The van der Waals surface area contributed by atoms with Crippen molar-refractivity contribution in [2.45, 2.75) is 52.6 Å². The number of nitrogens with two attached hydrogens (primary N) is 1. The first-order valence-electron chi connectivity index (χ1n) is 5.88. The number of rotatable bonds is 6. The second kappa shape index (κ2) is 5.85. The summed E-state index contributed by atoms with van der Waals surface area (Å²) in [6, 6.07) is 0.0709. The predicted octanol–water partition coefficient (Wildman–Crippen LogP) is 2.12. The van der Waals surface area contributed by atoms with Crippen LogP contribution in [0.2, 0.25) is 0 Å². The maximum Gasteiger partial charge on any atom is 0.0757 e. The SMILES string of the molecule is CCCn1nncc1C(N)C(CC)CC. The van der Waals surface area contributed by atoms with Crippen molar-refractivity contribution in [3.63, 3.8) is 0 Å². The molecule has 15 heavy (non-hydrogen) atoms. The highest BCUT2D eigenvalue weighted by Gasteiger charge is 2.19. The number of hydrogen-bond donors (Lipinski definition) is 1. The van der Waals surface area contributed by atoms with Gasteiger partial charge in [0.1, 0.15) is 0 Å². The van der Waals surface area contributed by atoms with Crippen molar-refractivity contribution in [1.29, 1.82) is 0 Å². The molecule has 0 aromatic carbocycles. The smallest absolute Gasteiger partial charge is 0.0757 e. The molecular weight excluding hydrogens is 188 g/mol. The number of aryl methyl sites for hydroxylation is 1. The molecule has 0 aliphatic carbocycles. The quantitative estimate of drug-likeness (QED) is 0.782. The lowest BCUT2D eigenvalue weighted by Crippen LogP contribution is -2.24. The molecule has 0 fully saturated rings. The molecule has 4 heteroatoms. The molecule has 0 saturated heterocycles. The summed E-state index contributed by atoms with van der Waals surface area (Å²) in [6.07, 6.45) is 5.08. The third-order valence-electron chi connectivity index (χ3n) is 2.98. The van der Waals surface area contributed by atoms with Crippen LogP contribution in [-0.4, -0.2) is 15.0 Å². The zero-order chi connectivity index (χ0) is 11.3. The summed E-state index contributed by atoms with van der Waals surface area (Å²) in [5.74, 6) is 0.527. The van der Waals surface area contributed by atoms with Gasteiger partial charge in [0.25, 0.3) is 0 Å². The molecule has 4 nitrogen and oxygen atoms in total. The van der Waals surface area contributed by atoms with E-state index in [0.29, 0.717) is 5.92 Å². The van der Waals surface area contributed by atoms with Gasteiger partial charge < -0.3 is 5.73 Å². The number of nitrogens with zero attached hydrogens (tertiary/aromatic N) is 3. The van der Waals surface area contributed by atoms with E-state index in [1.807, 2.05) is 4.68 Å². The fourth-order valence-corrected chi connectivity index (χ4v) is 1.95. The van der Waals surface area contributed by atoms with Crippen molar-refractivity contribution < 1.29 is 0 Å². The van der Waals surface area contributed by atoms with E-state index in [4.69, 9.17) is 5.73 Å². The fourth-order valence-electron chi connectivity index (χ4n) is 1.95. The molecule has 1 heterocycles. The number of aromatic nitrogens is 3. The van der Waals surface area contributed by atoms with Crippen molar-refractivity contribution in [2.75, 3.05) is 0 Å². The highest BCUT2D eigenvalue weighted by Crippen LogP contribution is 2.24. The van der Waals surface area contributed by atoms with Crippen LogP contribution < -0.4 is 5.73 Å². The molecule has 0 spiro atoms. The lowest BCUT2D eigenvalue weighted by Gasteiger charge is -2.21. The largest absolute Gasteiger partial charge is 0.322 e. The van der Waals surface area contributed by atoms with E-state index in [1.54, 1.807) is 6.20 Å². The predicted molar refractivity (Wildman–Crippen MR) is 61.3 cm³/mol. The van der Waals surface area contributed by atoms with Gasteiger partial charge in [0.05, 0.1) is 17.9 Å². The highest BCUT2D eigenvalue weighted by atomic mass is 15.4. The van der Waals surface area contributed by atoms with E-state index in [2.05, 4.69) is 31.1 Å². The maximum atomic E-state index is 6.23. The van der Waals surface area contributed by atoms with E-state index < -0.39 is 0 Å². The minimum atomic E-state index is 0.0709. The van der Waals surface area contributed by atoms with Crippen LogP contribution >= 0.6 is 0 Å². The topological polar surface area (TPSA) is 56.7 Å². The Balaban J connectivity index is 2.79. The molecule has 1 aromatic heterocycles. The van der Waals surface area contributed by atoms with Crippen LogP contribution in [0.1, 0.15) is 51.8 Å². The average Bonchev–Trinajstić information content (AvgIpc) is 2.68. The monoisotopic (exact) mass is 210 g/mol. The summed E-state index contributed by atoms with van der Waals surface area (Å²) in [5.41, 5.74) is 7.31. The zero-order valence-electron chi connectivity index (χ0n) is 9.98. The van der Waals surface area contributed by atoms with Crippen molar-refractivity contribution >= 4 is 0 Å². The Morgan fingerprint density at radius 3 is 2.53 bits per heavy atom. The standard InChI is InChI=1S/C11H22N4/c1-4-7-15-10(8-13-14-15)11(12)9(5-2)6-3/h8-9,11H,4-7,12H2,1-3H3. The summed E-state index contributed by atoms with van der Waals surface area (Å²) in [6.45, 7) is 7.40. The normalized spacial score (nSPS) is 13.4. The summed E-state index contributed by atoms with van der Waals surface area (Å²) in [5, 5.41) is 8.01. The van der Waals surface area contributed by atoms with Crippen LogP contribution in [-0.2, 0) is 6.54 Å². The zero-order valence-corrected chi connectivity index (χ0v) is 9.98. The van der Waals surface area contributed by atoms with Crippen molar-refractivity contribution in [1.82, 2.24) is 15.0 Å². The van der Waals surface area contributed by atoms with Gasteiger partial charge in [-0.3, -0.25) is 0 Å². The summed E-state index contributed by atoms with van der Waals surface area (Å²) < 4.78 is 1.93. The van der Waals surface area contributed by atoms with E-state index in [-0.39, 0.29) is 6.04 Å². The fraction of sp³-hybridized carbons (Fsp3) is 0.818. The van der Waals surface area contributed by atoms with E-state index in [1.165, 1.54) is 0 Å². The van der Waals surface area contributed by atoms with E-state index >= 15 is 0 Å². The van der Waals surface area contributed by atoms with Crippen LogP contribution in [0.3, 0.4) is 0 Å². The molecule has 0 amide bonds. The van der Waals surface area contributed by atoms with Crippen LogP contribution in [0.15, 0.2) is 6.20 Å². The van der Waals surface area contributed by atoms with E-state index in [0.717, 1.165) is 31.5 Å². The van der Waals surface area contributed by atoms with Gasteiger partial charge in [-0.05, 0) is 12.3 Å². The minimum absolute atomic E-state index is 0.0709. The minimum Gasteiger partial charge on any atom is -0.322 e. The summed E-state index contributed by atoms with van der Waals surface area (Å²) >= 11 is 0. The molecule has 1 atom stereocenters. The van der Waals surface area contributed by atoms with Crippen LogP contribution in [0.25, 0.3) is 0 Å². The Hall–Kier alpha value is -0.900. The molecule has 86 valence electrons. The Labute approximate surface area is 91.9 Å². The van der Waals surface area contributed by atoms with Gasteiger partial charge in [-0.25, -0.2) is 4.68 Å². The van der Waals surface area contributed by atoms with Crippen LogP contribution in [0.5, 0.6) is 0 Å². The second-order valence-electron chi connectivity index (χ2n) is 3.98. The van der Waals surface area contributed by atoms with Crippen molar-refractivity contribution in [2.24, 2.45) is 11.7 Å². The van der Waals surface area contributed by atoms with Gasteiger partial charge in [0.15, 0.2) is 0 Å². The van der Waals surface area contributed by atoms with Gasteiger partial charge in [0.2, 0.25) is 0 Å². The van der Waals surface area contributed by atoms with Crippen molar-refractivity contribution in [3.8, 4) is 0 Å². The van der Waals surface area contributed by atoms with Crippen LogP contribution in [0.4, 0.5) is 0 Å². The van der Waals surface area contributed by atoms with E-state index in [9.17, 15) is 0 Å². The Morgan fingerprint density at radius 2 is 2.00 bits per heavy atom. The van der Waals surface area contributed by atoms with Crippen molar-refractivity contribution in [3.05, 3.63) is 11.9 Å². The number of hydrogen-bond acceptors (Lipinski definition) is 3. The van der Waals surface area contributed by atoms with Gasteiger partial charge in [0, 0.05) is 6.54 Å². The molecule has 0 aliphatic heterocycles. The Bertz CT molecular complexity index is 278. The third kappa shape index (κ3) is 2.78. The molecule has 2 N–H and O–H groups in total. The second-order valence-corrected chi connectivity index (χ2v) is 3.98. The molecule has 0 radical (unpaired) electrons. The van der Waals surface area contributed by atoms with Gasteiger partial charge in [-0.1, -0.05) is 38.8 Å². The first-order chi connectivity index (χ1) is 7.24. The summed E-state index contributed by atoms with van der Waals surface area (Å²) in [4.78, 5) is 0. The first-order valence-corrected chi connectivity index (χ1v) is 5.88. The average molecular weight is 210 g/mol. The molecular formula is C11H22N4. The molecule has 1 rings (SSSR count). The molecule has 1 aromatic rings. The lowest BCUT2D eigenvalue weighted by atomic mass is 9.93. The summed E-state index contributed by atoms with van der Waals surface area (Å²) in [7, 11) is 0. The molecule has 0 saturated carbocycles. The molecule has 1 unspecified atom stereocenters. The Kier molecular flexibility index (Phi) is 4.75. The van der Waals surface area contributed by atoms with Crippen LogP contribution in [0, 0.1) is 5.92 Å². The third-order valence-corrected chi connectivity index (χ3v) is 2.98. The highest BCUT2D eigenvalue weighted by molar-refractivity contribution is 5.03. The molecule has 0 aliphatic rings.